The third-order valence-corrected chi connectivity index (χ3v) is 6.45. The highest BCUT2D eigenvalue weighted by molar-refractivity contribution is 7.08. The lowest BCUT2D eigenvalue weighted by Gasteiger charge is -2.21. The van der Waals surface area contributed by atoms with E-state index in [1.165, 1.54) is 16.5 Å². The van der Waals surface area contributed by atoms with Gasteiger partial charge in [0, 0.05) is 35.5 Å². The zero-order chi connectivity index (χ0) is 20.6. The Morgan fingerprint density at radius 3 is 2.72 bits per heavy atom. The minimum Gasteiger partial charge on any atom is -0.361 e. The molecule has 0 aliphatic carbocycles. The average Bonchev–Trinajstić information content (AvgIpc) is 3.39. The highest BCUT2D eigenvalue weighted by Gasteiger charge is 2.22. The quantitative estimate of drug-likeness (QED) is 0.445. The van der Waals surface area contributed by atoms with Gasteiger partial charge in [-0.05, 0) is 73.4 Å². The number of benzene rings is 1. The first-order valence-corrected chi connectivity index (χ1v) is 11.7. The van der Waals surface area contributed by atoms with Crippen molar-refractivity contribution in [1.29, 1.82) is 0 Å². The standard InChI is InChI=1S/C24H33N3OS/c1-4-27(5-2)13-8-9-18(3)26-24(28)15-21(19-12-14-29-17-19)22-16-25-23-11-7-6-10-20(22)23/h6-7,10-12,14,16-18,21,25H,4-5,8-9,13,15H2,1-3H3,(H,26,28). The van der Waals surface area contributed by atoms with Crippen molar-refractivity contribution in [2.45, 2.75) is 52.0 Å². The van der Waals surface area contributed by atoms with Crippen LogP contribution in [0.2, 0.25) is 0 Å². The number of amides is 1. The van der Waals surface area contributed by atoms with E-state index < -0.39 is 0 Å². The van der Waals surface area contributed by atoms with E-state index in [9.17, 15) is 4.79 Å². The maximum atomic E-state index is 12.9. The third kappa shape index (κ3) is 5.71. The van der Waals surface area contributed by atoms with Crippen LogP contribution in [-0.4, -0.2) is 41.5 Å². The van der Waals surface area contributed by atoms with Gasteiger partial charge in [-0.3, -0.25) is 4.79 Å². The monoisotopic (exact) mass is 411 g/mol. The Morgan fingerprint density at radius 1 is 1.21 bits per heavy atom. The Morgan fingerprint density at radius 2 is 2.00 bits per heavy atom. The summed E-state index contributed by atoms with van der Waals surface area (Å²) in [6, 6.07) is 10.6. The molecule has 0 fully saturated rings. The van der Waals surface area contributed by atoms with E-state index in [0.29, 0.717) is 6.42 Å². The second-order valence-corrected chi connectivity index (χ2v) is 8.52. The number of hydrogen-bond acceptors (Lipinski definition) is 3. The fourth-order valence-corrected chi connectivity index (χ4v) is 4.73. The summed E-state index contributed by atoms with van der Waals surface area (Å²) in [6.07, 6.45) is 4.66. The molecule has 0 bridgehead atoms. The summed E-state index contributed by atoms with van der Waals surface area (Å²) in [7, 11) is 0. The minimum absolute atomic E-state index is 0.0697. The maximum Gasteiger partial charge on any atom is 0.221 e. The van der Waals surface area contributed by atoms with Gasteiger partial charge in [0.05, 0.1) is 0 Å². The number of rotatable bonds is 11. The van der Waals surface area contributed by atoms with Crippen LogP contribution in [0.1, 0.15) is 57.1 Å². The van der Waals surface area contributed by atoms with Crippen LogP contribution < -0.4 is 5.32 Å². The lowest BCUT2D eigenvalue weighted by molar-refractivity contribution is -0.121. The Labute approximate surface area is 178 Å². The van der Waals surface area contributed by atoms with Crippen molar-refractivity contribution in [2.75, 3.05) is 19.6 Å². The van der Waals surface area contributed by atoms with E-state index in [2.05, 4.69) is 77.2 Å². The average molecular weight is 412 g/mol. The summed E-state index contributed by atoms with van der Waals surface area (Å²) in [5.41, 5.74) is 3.53. The van der Waals surface area contributed by atoms with Crippen LogP contribution in [0, 0.1) is 0 Å². The fraction of sp³-hybridized carbons (Fsp3) is 0.458. The number of carbonyl (C=O) groups excluding carboxylic acids is 1. The number of fused-ring (bicyclic) bond motifs is 1. The summed E-state index contributed by atoms with van der Waals surface area (Å²) >= 11 is 1.68. The number of nitrogens with one attached hydrogen (secondary N) is 2. The van der Waals surface area contributed by atoms with Crippen LogP contribution >= 0.6 is 11.3 Å². The predicted molar refractivity (Wildman–Crippen MR) is 124 cm³/mol. The van der Waals surface area contributed by atoms with Gasteiger partial charge in [-0.15, -0.1) is 0 Å². The smallest absolute Gasteiger partial charge is 0.221 e. The first-order chi connectivity index (χ1) is 14.1. The highest BCUT2D eigenvalue weighted by atomic mass is 32.1. The van der Waals surface area contributed by atoms with Crippen molar-refractivity contribution < 1.29 is 4.79 Å². The summed E-state index contributed by atoms with van der Waals surface area (Å²) in [5, 5.41) is 8.67. The lowest BCUT2D eigenvalue weighted by Crippen LogP contribution is -2.34. The van der Waals surface area contributed by atoms with Gasteiger partial charge < -0.3 is 15.2 Å². The molecule has 29 heavy (non-hydrogen) atoms. The topological polar surface area (TPSA) is 48.1 Å². The second-order valence-electron chi connectivity index (χ2n) is 7.74. The summed E-state index contributed by atoms with van der Waals surface area (Å²) in [5.74, 6) is 0.196. The van der Waals surface area contributed by atoms with Gasteiger partial charge in [-0.25, -0.2) is 0 Å². The summed E-state index contributed by atoms with van der Waals surface area (Å²) in [4.78, 5) is 18.7. The molecule has 1 aromatic carbocycles. The van der Waals surface area contributed by atoms with E-state index in [1.807, 2.05) is 6.07 Å². The highest BCUT2D eigenvalue weighted by Crippen LogP contribution is 2.34. The van der Waals surface area contributed by atoms with Gasteiger partial charge in [0.15, 0.2) is 0 Å². The first kappa shape index (κ1) is 21.6. The molecule has 156 valence electrons. The molecule has 2 heterocycles. The van der Waals surface area contributed by atoms with Gasteiger partial charge >= 0.3 is 0 Å². The zero-order valence-corrected chi connectivity index (χ0v) is 18.6. The number of aromatic amines is 1. The zero-order valence-electron chi connectivity index (χ0n) is 17.8. The van der Waals surface area contributed by atoms with Gasteiger partial charge in [0.2, 0.25) is 5.91 Å². The van der Waals surface area contributed by atoms with Crippen molar-refractivity contribution >= 4 is 28.1 Å². The van der Waals surface area contributed by atoms with Crippen molar-refractivity contribution in [3.63, 3.8) is 0 Å². The number of thiophene rings is 1. The Hall–Kier alpha value is -2.11. The molecule has 5 heteroatoms. The normalized spacial score (nSPS) is 13.7. The molecule has 0 saturated heterocycles. The lowest BCUT2D eigenvalue weighted by atomic mass is 9.89. The number of nitrogens with zero attached hydrogens (tertiary/aromatic N) is 1. The maximum absolute atomic E-state index is 12.9. The van der Waals surface area contributed by atoms with E-state index in [-0.39, 0.29) is 17.9 Å². The number of aromatic nitrogens is 1. The van der Waals surface area contributed by atoms with E-state index >= 15 is 0 Å². The Bertz CT molecular complexity index is 883. The van der Waals surface area contributed by atoms with Crippen LogP contribution in [0.3, 0.4) is 0 Å². The minimum atomic E-state index is 0.0697. The van der Waals surface area contributed by atoms with E-state index in [0.717, 1.165) is 38.0 Å². The van der Waals surface area contributed by atoms with Gasteiger partial charge in [0.25, 0.3) is 0 Å². The molecule has 0 saturated carbocycles. The molecule has 0 spiro atoms. The summed E-state index contributed by atoms with van der Waals surface area (Å²) in [6.45, 7) is 9.79. The number of carbonyl (C=O) groups is 1. The van der Waals surface area contributed by atoms with Crippen LogP contribution in [0.25, 0.3) is 10.9 Å². The molecular weight excluding hydrogens is 378 g/mol. The predicted octanol–water partition coefficient (Wildman–Crippen LogP) is 5.38. The Balaban J connectivity index is 1.64. The molecule has 3 rings (SSSR count). The molecule has 4 nitrogen and oxygen atoms in total. The van der Waals surface area contributed by atoms with Crippen LogP contribution in [0.4, 0.5) is 0 Å². The fourth-order valence-electron chi connectivity index (χ4n) is 4.02. The molecular formula is C24H33N3OS. The third-order valence-electron chi connectivity index (χ3n) is 5.75. The molecule has 1 amide bonds. The van der Waals surface area contributed by atoms with Crippen LogP contribution in [0.15, 0.2) is 47.3 Å². The molecule has 2 atom stereocenters. The van der Waals surface area contributed by atoms with E-state index in [4.69, 9.17) is 0 Å². The molecule has 0 aliphatic rings. The molecule has 2 unspecified atom stereocenters. The molecule has 2 N–H and O–H groups in total. The molecule has 3 aromatic rings. The number of hydrogen-bond donors (Lipinski definition) is 2. The second kappa shape index (κ2) is 10.6. The van der Waals surface area contributed by atoms with Crippen LogP contribution in [-0.2, 0) is 4.79 Å². The van der Waals surface area contributed by atoms with Crippen LogP contribution in [0.5, 0.6) is 0 Å². The van der Waals surface area contributed by atoms with Gasteiger partial charge in [-0.1, -0.05) is 32.0 Å². The number of para-hydroxylation sites is 1. The van der Waals surface area contributed by atoms with Crippen molar-refractivity contribution in [3.8, 4) is 0 Å². The molecule has 0 aliphatic heterocycles. The SMILES string of the molecule is CCN(CC)CCCC(C)NC(=O)CC(c1ccsc1)c1c[nH]c2ccccc12. The van der Waals surface area contributed by atoms with Crippen molar-refractivity contribution in [1.82, 2.24) is 15.2 Å². The molecule has 0 radical (unpaired) electrons. The van der Waals surface area contributed by atoms with Gasteiger partial charge in [0.1, 0.15) is 0 Å². The van der Waals surface area contributed by atoms with E-state index in [1.54, 1.807) is 11.3 Å². The van der Waals surface area contributed by atoms with Crippen molar-refractivity contribution in [3.05, 3.63) is 58.4 Å². The van der Waals surface area contributed by atoms with Crippen molar-refractivity contribution in [2.24, 2.45) is 0 Å². The Kier molecular flexibility index (Phi) is 7.90. The van der Waals surface area contributed by atoms with Gasteiger partial charge in [-0.2, -0.15) is 11.3 Å². The first-order valence-electron chi connectivity index (χ1n) is 10.7. The summed E-state index contributed by atoms with van der Waals surface area (Å²) < 4.78 is 0. The molecule has 2 aromatic heterocycles. The largest absolute Gasteiger partial charge is 0.361 e. The number of H-pyrrole nitrogens is 1.